The third kappa shape index (κ3) is 2.46. The first-order chi connectivity index (χ1) is 8.40. The Morgan fingerprint density at radius 2 is 2.06 bits per heavy atom. The van der Waals surface area contributed by atoms with Gasteiger partial charge in [-0.1, -0.05) is 0 Å². The van der Waals surface area contributed by atoms with E-state index in [0.29, 0.717) is 12.1 Å². The second-order valence-electron chi connectivity index (χ2n) is 5.40. The molecular formula is C13H19N3O2. The van der Waals surface area contributed by atoms with Crippen LogP contribution in [0.15, 0.2) is 23.1 Å². The van der Waals surface area contributed by atoms with Gasteiger partial charge in [-0.05, 0) is 27.0 Å². The van der Waals surface area contributed by atoms with Crippen molar-refractivity contribution in [3.8, 4) is 0 Å². The van der Waals surface area contributed by atoms with Crippen molar-refractivity contribution in [3.63, 3.8) is 0 Å². The van der Waals surface area contributed by atoms with E-state index in [4.69, 9.17) is 0 Å². The average molecular weight is 249 g/mol. The second kappa shape index (κ2) is 4.57. The highest BCUT2D eigenvalue weighted by atomic mass is 16.2. The summed E-state index contributed by atoms with van der Waals surface area (Å²) in [4.78, 5) is 29.9. The Hall–Kier alpha value is -1.62. The number of rotatable bonds is 1. The standard InChI is InChI=1S/C13H19N3O2/c1-13(2)9-16(7-6-15(13)3)12(18)10-4-5-11(17)14-8-10/h4-5,8H,6-7,9H2,1-3H3,(H,14,17). The molecule has 5 nitrogen and oxygen atoms in total. The van der Waals surface area contributed by atoms with E-state index >= 15 is 0 Å². The minimum atomic E-state index is -0.190. The van der Waals surface area contributed by atoms with Crippen molar-refractivity contribution in [2.45, 2.75) is 19.4 Å². The van der Waals surface area contributed by atoms with E-state index in [1.807, 2.05) is 4.90 Å². The van der Waals surface area contributed by atoms with Crippen LogP contribution in [0.4, 0.5) is 0 Å². The topological polar surface area (TPSA) is 56.4 Å². The van der Waals surface area contributed by atoms with E-state index in [9.17, 15) is 9.59 Å². The largest absolute Gasteiger partial charge is 0.335 e. The zero-order chi connectivity index (χ0) is 13.3. The molecule has 2 rings (SSSR count). The number of nitrogens with one attached hydrogen (secondary N) is 1. The van der Waals surface area contributed by atoms with Gasteiger partial charge in [0.15, 0.2) is 0 Å². The molecule has 1 fully saturated rings. The Morgan fingerprint density at radius 1 is 1.33 bits per heavy atom. The van der Waals surface area contributed by atoms with Crippen LogP contribution in [0.25, 0.3) is 0 Å². The SMILES string of the molecule is CN1CCN(C(=O)c2ccc(=O)[nH]c2)CC1(C)C. The number of likely N-dealkylation sites (N-methyl/N-ethyl adjacent to an activating group) is 1. The first kappa shape index (κ1) is 12.8. The van der Waals surface area contributed by atoms with Crippen LogP contribution in [0.3, 0.4) is 0 Å². The maximum atomic E-state index is 12.3. The minimum absolute atomic E-state index is 0.0178. The van der Waals surface area contributed by atoms with E-state index in [2.05, 4.69) is 30.8 Å². The van der Waals surface area contributed by atoms with E-state index in [0.717, 1.165) is 13.1 Å². The van der Waals surface area contributed by atoms with Crippen LogP contribution in [0.2, 0.25) is 0 Å². The van der Waals surface area contributed by atoms with Crippen molar-refractivity contribution in [1.29, 1.82) is 0 Å². The van der Waals surface area contributed by atoms with E-state index < -0.39 is 0 Å². The van der Waals surface area contributed by atoms with Crippen LogP contribution in [-0.2, 0) is 0 Å². The summed E-state index contributed by atoms with van der Waals surface area (Å²) in [6.07, 6.45) is 1.48. The van der Waals surface area contributed by atoms with Gasteiger partial charge in [0.05, 0.1) is 5.56 Å². The molecule has 98 valence electrons. The number of carbonyl (C=O) groups excluding carboxylic acids is 1. The molecule has 0 bridgehead atoms. The average Bonchev–Trinajstić information content (AvgIpc) is 2.33. The molecule has 0 aliphatic carbocycles. The molecule has 1 aromatic rings. The summed E-state index contributed by atoms with van der Waals surface area (Å²) in [6.45, 7) is 6.53. The highest BCUT2D eigenvalue weighted by Crippen LogP contribution is 2.20. The lowest BCUT2D eigenvalue weighted by Gasteiger charge is -2.45. The zero-order valence-corrected chi connectivity index (χ0v) is 11.1. The highest BCUT2D eigenvalue weighted by Gasteiger charge is 2.33. The molecular weight excluding hydrogens is 230 g/mol. The van der Waals surface area contributed by atoms with Crippen LogP contribution in [-0.4, -0.2) is 52.9 Å². The molecule has 1 aromatic heterocycles. The molecule has 0 saturated carbocycles. The van der Waals surface area contributed by atoms with Crippen molar-refractivity contribution in [2.24, 2.45) is 0 Å². The molecule has 1 amide bonds. The quantitative estimate of drug-likeness (QED) is 0.790. The van der Waals surface area contributed by atoms with Gasteiger partial charge in [0.2, 0.25) is 5.56 Å². The Labute approximate surface area is 106 Å². The highest BCUT2D eigenvalue weighted by molar-refractivity contribution is 5.94. The summed E-state index contributed by atoms with van der Waals surface area (Å²) >= 11 is 0. The van der Waals surface area contributed by atoms with Crippen LogP contribution < -0.4 is 5.56 Å². The third-order valence-corrected chi connectivity index (χ3v) is 3.63. The lowest BCUT2D eigenvalue weighted by Crippen LogP contribution is -2.58. The zero-order valence-electron chi connectivity index (χ0n) is 11.1. The summed E-state index contributed by atoms with van der Waals surface area (Å²) in [5.41, 5.74) is 0.330. The van der Waals surface area contributed by atoms with Crippen LogP contribution >= 0.6 is 0 Å². The molecule has 0 atom stereocenters. The summed E-state index contributed by atoms with van der Waals surface area (Å²) < 4.78 is 0. The normalized spacial score (nSPS) is 19.8. The number of H-pyrrole nitrogens is 1. The molecule has 5 heteroatoms. The molecule has 1 aliphatic heterocycles. The number of aromatic amines is 1. The summed E-state index contributed by atoms with van der Waals surface area (Å²) in [7, 11) is 2.07. The lowest BCUT2D eigenvalue weighted by atomic mass is 9.99. The first-order valence-electron chi connectivity index (χ1n) is 6.09. The smallest absolute Gasteiger partial charge is 0.255 e. The molecule has 0 spiro atoms. The number of aromatic nitrogens is 1. The molecule has 0 unspecified atom stereocenters. The second-order valence-corrected chi connectivity index (χ2v) is 5.40. The van der Waals surface area contributed by atoms with Gasteiger partial charge >= 0.3 is 0 Å². The van der Waals surface area contributed by atoms with E-state index in [-0.39, 0.29) is 17.0 Å². The van der Waals surface area contributed by atoms with Gasteiger partial charge in [-0.3, -0.25) is 14.5 Å². The first-order valence-corrected chi connectivity index (χ1v) is 6.09. The fourth-order valence-corrected chi connectivity index (χ4v) is 2.14. The maximum absolute atomic E-state index is 12.3. The van der Waals surface area contributed by atoms with E-state index in [1.165, 1.54) is 12.3 Å². The summed E-state index contributed by atoms with van der Waals surface area (Å²) in [5.74, 6) is -0.0209. The number of piperazine rings is 1. The van der Waals surface area contributed by atoms with Crippen LogP contribution in [0.1, 0.15) is 24.2 Å². The number of pyridine rings is 1. The van der Waals surface area contributed by atoms with Gasteiger partial charge in [-0.15, -0.1) is 0 Å². The van der Waals surface area contributed by atoms with Crippen molar-refractivity contribution in [1.82, 2.24) is 14.8 Å². The van der Waals surface area contributed by atoms with Crippen molar-refractivity contribution in [2.75, 3.05) is 26.7 Å². The molecule has 0 radical (unpaired) electrons. The van der Waals surface area contributed by atoms with Gasteiger partial charge in [0.25, 0.3) is 5.91 Å². The van der Waals surface area contributed by atoms with Gasteiger partial charge in [0.1, 0.15) is 0 Å². The van der Waals surface area contributed by atoms with Gasteiger partial charge in [-0.2, -0.15) is 0 Å². The monoisotopic (exact) mass is 249 g/mol. The van der Waals surface area contributed by atoms with Crippen molar-refractivity contribution in [3.05, 3.63) is 34.2 Å². The van der Waals surface area contributed by atoms with E-state index in [1.54, 1.807) is 6.07 Å². The molecule has 0 aromatic carbocycles. The van der Waals surface area contributed by atoms with Gasteiger partial charge < -0.3 is 9.88 Å². The molecule has 1 aliphatic rings. The predicted octanol–water partition coefficient (Wildman–Crippen LogP) is 0.541. The number of hydrogen-bond donors (Lipinski definition) is 1. The van der Waals surface area contributed by atoms with Crippen molar-refractivity contribution < 1.29 is 4.79 Å². The Morgan fingerprint density at radius 3 is 2.61 bits per heavy atom. The fourth-order valence-electron chi connectivity index (χ4n) is 2.14. The number of carbonyl (C=O) groups is 1. The molecule has 1 saturated heterocycles. The maximum Gasteiger partial charge on any atom is 0.255 e. The van der Waals surface area contributed by atoms with Gasteiger partial charge in [0, 0.05) is 37.4 Å². The number of nitrogens with zero attached hydrogens (tertiary/aromatic N) is 2. The Balaban J connectivity index is 2.15. The summed E-state index contributed by atoms with van der Waals surface area (Å²) in [6, 6.07) is 2.96. The Kier molecular flexibility index (Phi) is 3.26. The van der Waals surface area contributed by atoms with Crippen molar-refractivity contribution >= 4 is 5.91 Å². The third-order valence-electron chi connectivity index (χ3n) is 3.63. The molecule has 1 N–H and O–H groups in total. The van der Waals surface area contributed by atoms with Crippen LogP contribution in [0, 0.1) is 0 Å². The fraction of sp³-hybridized carbons (Fsp3) is 0.538. The molecule has 2 heterocycles. The predicted molar refractivity (Wildman–Crippen MR) is 69.7 cm³/mol. The van der Waals surface area contributed by atoms with Crippen LogP contribution in [0.5, 0.6) is 0 Å². The number of hydrogen-bond acceptors (Lipinski definition) is 3. The lowest BCUT2D eigenvalue weighted by molar-refractivity contribution is 0.0311. The molecule has 18 heavy (non-hydrogen) atoms. The summed E-state index contributed by atoms with van der Waals surface area (Å²) in [5, 5.41) is 0. The number of amides is 1. The minimum Gasteiger partial charge on any atom is -0.335 e. The van der Waals surface area contributed by atoms with Gasteiger partial charge in [-0.25, -0.2) is 0 Å². The Bertz CT molecular complexity index is 487.